The van der Waals surface area contributed by atoms with E-state index in [-0.39, 0.29) is 0 Å². The zero-order valence-electron chi connectivity index (χ0n) is 14.5. The summed E-state index contributed by atoms with van der Waals surface area (Å²) in [4.78, 5) is 16.6. The topological polar surface area (TPSA) is 78.8 Å². The summed E-state index contributed by atoms with van der Waals surface area (Å²) in [5.74, 6) is 0.333. The van der Waals surface area contributed by atoms with E-state index in [1.807, 2.05) is 53.9 Å². The van der Waals surface area contributed by atoms with Gasteiger partial charge in [-0.25, -0.2) is 4.98 Å². The van der Waals surface area contributed by atoms with Crippen molar-refractivity contribution in [1.82, 2.24) is 9.38 Å². The minimum absolute atomic E-state index is 0.332. The molecule has 3 rings (SSSR count). The number of aryl methyl sites for hydroxylation is 1. The number of rotatable bonds is 5. The first-order valence-corrected chi connectivity index (χ1v) is 7.99. The fourth-order valence-corrected chi connectivity index (χ4v) is 2.87. The van der Waals surface area contributed by atoms with Crippen LogP contribution in [0.25, 0.3) is 16.9 Å². The zero-order valence-corrected chi connectivity index (χ0v) is 14.5. The molecule has 2 heterocycles. The first-order chi connectivity index (χ1) is 12.0. The van der Waals surface area contributed by atoms with Gasteiger partial charge in [-0.2, -0.15) is 0 Å². The Balaban J connectivity index is 2.14. The second kappa shape index (κ2) is 6.94. The van der Waals surface area contributed by atoms with Crippen molar-refractivity contribution in [2.45, 2.75) is 19.4 Å². The van der Waals surface area contributed by atoms with Crippen LogP contribution < -0.4 is 10.5 Å². The van der Waals surface area contributed by atoms with Gasteiger partial charge in [0.05, 0.1) is 25.6 Å². The van der Waals surface area contributed by atoms with E-state index in [9.17, 15) is 4.79 Å². The number of aromatic nitrogens is 2. The van der Waals surface area contributed by atoms with E-state index >= 15 is 0 Å². The lowest BCUT2D eigenvalue weighted by molar-refractivity contribution is -0.142. The number of imidazole rings is 1. The van der Waals surface area contributed by atoms with Crippen LogP contribution in [0.1, 0.15) is 11.3 Å². The number of hydrogen-bond acceptors (Lipinski definition) is 5. The molecule has 2 N–H and O–H groups in total. The van der Waals surface area contributed by atoms with Crippen molar-refractivity contribution < 1.29 is 14.3 Å². The van der Waals surface area contributed by atoms with E-state index in [0.29, 0.717) is 6.42 Å². The lowest BCUT2D eigenvalue weighted by Gasteiger charge is -2.11. The molecule has 1 atom stereocenters. The third kappa shape index (κ3) is 3.21. The largest absolute Gasteiger partial charge is 0.497 e. The monoisotopic (exact) mass is 339 g/mol. The molecule has 1 unspecified atom stereocenters. The van der Waals surface area contributed by atoms with Crippen LogP contribution in [0.2, 0.25) is 0 Å². The molecule has 1 aromatic carbocycles. The Kier molecular flexibility index (Phi) is 4.72. The Morgan fingerprint density at radius 2 is 1.96 bits per heavy atom. The molecule has 25 heavy (non-hydrogen) atoms. The summed E-state index contributed by atoms with van der Waals surface area (Å²) < 4.78 is 12.0. The van der Waals surface area contributed by atoms with Crippen LogP contribution >= 0.6 is 0 Å². The minimum Gasteiger partial charge on any atom is -0.497 e. The second-order valence-electron chi connectivity index (χ2n) is 5.85. The molecular formula is C19H21N3O3. The smallest absolute Gasteiger partial charge is 0.323 e. The number of carbonyl (C=O) groups excluding carboxylic acids is 1. The number of nitrogens with zero attached hydrogens (tertiary/aromatic N) is 2. The summed E-state index contributed by atoms with van der Waals surface area (Å²) in [5, 5.41) is 0. The second-order valence-corrected chi connectivity index (χ2v) is 5.85. The van der Waals surface area contributed by atoms with Gasteiger partial charge in [0.25, 0.3) is 0 Å². The Labute approximate surface area is 146 Å². The third-order valence-corrected chi connectivity index (χ3v) is 4.22. The molecule has 0 amide bonds. The number of methoxy groups -OCH3 is 2. The van der Waals surface area contributed by atoms with Crippen LogP contribution in [0.3, 0.4) is 0 Å². The van der Waals surface area contributed by atoms with Crippen LogP contribution in [0.15, 0.2) is 42.6 Å². The molecule has 0 spiro atoms. The number of esters is 1. The highest BCUT2D eigenvalue weighted by atomic mass is 16.5. The number of ether oxygens (including phenoxy) is 2. The first-order valence-electron chi connectivity index (χ1n) is 7.99. The molecule has 6 heteroatoms. The molecule has 0 aliphatic rings. The Hall–Kier alpha value is -2.86. The van der Waals surface area contributed by atoms with Crippen molar-refractivity contribution in [1.29, 1.82) is 0 Å². The van der Waals surface area contributed by atoms with Gasteiger partial charge >= 0.3 is 5.97 Å². The molecule has 2 aromatic heterocycles. The van der Waals surface area contributed by atoms with Gasteiger partial charge in [0, 0.05) is 18.2 Å². The fraction of sp³-hybridized carbons (Fsp3) is 0.263. The van der Waals surface area contributed by atoms with Crippen molar-refractivity contribution in [3.05, 3.63) is 53.9 Å². The van der Waals surface area contributed by atoms with Crippen LogP contribution in [0.5, 0.6) is 5.75 Å². The first kappa shape index (κ1) is 17.0. The van der Waals surface area contributed by atoms with E-state index in [1.54, 1.807) is 7.11 Å². The van der Waals surface area contributed by atoms with E-state index < -0.39 is 12.0 Å². The zero-order chi connectivity index (χ0) is 18.0. The summed E-state index contributed by atoms with van der Waals surface area (Å²) in [7, 11) is 2.97. The molecule has 0 aliphatic heterocycles. The molecule has 0 saturated heterocycles. The molecule has 0 bridgehead atoms. The van der Waals surface area contributed by atoms with Gasteiger partial charge in [0.1, 0.15) is 17.4 Å². The van der Waals surface area contributed by atoms with Crippen molar-refractivity contribution in [2.75, 3.05) is 14.2 Å². The van der Waals surface area contributed by atoms with Gasteiger partial charge < -0.3 is 19.6 Å². The lowest BCUT2D eigenvalue weighted by Crippen LogP contribution is -2.34. The molecule has 0 radical (unpaired) electrons. The van der Waals surface area contributed by atoms with Gasteiger partial charge in [-0.15, -0.1) is 0 Å². The van der Waals surface area contributed by atoms with Crippen molar-refractivity contribution in [2.24, 2.45) is 5.73 Å². The molecule has 0 saturated carbocycles. The van der Waals surface area contributed by atoms with Crippen LogP contribution in [0.4, 0.5) is 0 Å². The molecule has 130 valence electrons. The highest BCUT2D eigenvalue weighted by Gasteiger charge is 2.21. The molecule has 6 nitrogen and oxygen atoms in total. The predicted octanol–water partition coefficient (Wildman–Crippen LogP) is 2.36. The van der Waals surface area contributed by atoms with Crippen molar-refractivity contribution in [3.63, 3.8) is 0 Å². The summed E-state index contributed by atoms with van der Waals surface area (Å²) in [5.41, 5.74) is 10.5. The normalized spacial score (nSPS) is 12.2. The van der Waals surface area contributed by atoms with E-state index in [1.165, 1.54) is 7.11 Å². The van der Waals surface area contributed by atoms with Crippen molar-refractivity contribution >= 4 is 11.6 Å². The summed E-state index contributed by atoms with van der Waals surface area (Å²) >= 11 is 0. The Morgan fingerprint density at radius 1 is 1.24 bits per heavy atom. The predicted molar refractivity (Wildman–Crippen MR) is 95.6 cm³/mol. The number of carbonyl (C=O) groups is 1. The maximum atomic E-state index is 11.8. The van der Waals surface area contributed by atoms with Crippen molar-refractivity contribution in [3.8, 4) is 17.0 Å². The molecule has 0 fully saturated rings. The lowest BCUT2D eigenvalue weighted by atomic mass is 10.1. The standard InChI is InChI=1S/C19H21N3O3/c1-12-5-4-10-22-16(11-15(20)19(23)25-3)17(21-18(12)22)13-6-8-14(24-2)9-7-13/h4-10,15H,11,20H2,1-3H3. The number of hydrogen-bond donors (Lipinski definition) is 1. The molecular weight excluding hydrogens is 318 g/mol. The van der Waals surface area contributed by atoms with E-state index in [0.717, 1.165) is 33.9 Å². The quantitative estimate of drug-likeness (QED) is 0.722. The Morgan fingerprint density at radius 3 is 2.60 bits per heavy atom. The third-order valence-electron chi connectivity index (χ3n) is 4.22. The van der Waals surface area contributed by atoms with Gasteiger partial charge in [0.2, 0.25) is 0 Å². The van der Waals surface area contributed by atoms with E-state index in [4.69, 9.17) is 20.2 Å². The van der Waals surface area contributed by atoms with Gasteiger partial charge in [-0.05, 0) is 42.8 Å². The summed E-state index contributed by atoms with van der Waals surface area (Å²) in [6.45, 7) is 2.00. The number of benzene rings is 1. The maximum Gasteiger partial charge on any atom is 0.323 e. The van der Waals surface area contributed by atoms with Gasteiger partial charge in [-0.3, -0.25) is 4.79 Å². The average Bonchev–Trinajstić information content (AvgIpc) is 3.01. The van der Waals surface area contributed by atoms with Gasteiger partial charge in [0.15, 0.2) is 0 Å². The molecule has 3 aromatic rings. The number of nitrogens with two attached hydrogens (primary N) is 1. The highest BCUT2D eigenvalue weighted by Crippen LogP contribution is 2.28. The van der Waals surface area contributed by atoms with Crippen LogP contribution in [0, 0.1) is 6.92 Å². The minimum atomic E-state index is -0.748. The number of pyridine rings is 1. The fourth-order valence-electron chi connectivity index (χ4n) is 2.87. The highest BCUT2D eigenvalue weighted by molar-refractivity contribution is 5.77. The molecule has 0 aliphatic carbocycles. The van der Waals surface area contributed by atoms with Crippen LogP contribution in [-0.2, 0) is 16.0 Å². The average molecular weight is 339 g/mol. The SMILES string of the molecule is COC(=O)C(N)Cc1c(-c2ccc(OC)cc2)nc2c(C)cccn12. The summed E-state index contributed by atoms with van der Waals surface area (Å²) in [6.07, 6.45) is 2.26. The van der Waals surface area contributed by atoms with E-state index in [2.05, 4.69) is 0 Å². The summed E-state index contributed by atoms with van der Waals surface area (Å²) in [6, 6.07) is 10.9. The Bertz CT molecular complexity index is 900. The number of fused-ring (bicyclic) bond motifs is 1. The van der Waals surface area contributed by atoms with Gasteiger partial charge in [-0.1, -0.05) is 6.07 Å². The maximum absolute atomic E-state index is 11.8. The van der Waals surface area contributed by atoms with Crippen LogP contribution in [-0.4, -0.2) is 35.6 Å².